The molecule has 18 heavy (non-hydrogen) atoms. The summed E-state index contributed by atoms with van der Waals surface area (Å²) in [5, 5.41) is 0. The van der Waals surface area contributed by atoms with Gasteiger partial charge in [0.2, 0.25) is 0 Å². The quantitative estimate of drug-likeness (QED) is 0.714. The summed E-state index contributed by atoms with van der Waals surface area (Å²) in [5.41, 5.74) is 2.34. The van der Waals surface area contributed by atoms with E-state index < -0.39 is 0 Å². The summed E-state index contributed by atoms with van der Waals surface area (Å²) < 4.78 is 0. The SMILES string of the molecule is Cc1cccc(C(C)C(=O)/C=C/C2CCCC2)c1. The molecule has 1 fully saturated rings. The summed E-state index contributed by atoms with van der Waals surface area (Å²) in [5.74, 6) is 0.841. The van der Waals surface area contributed by atoms with E-state index in [2.05, 4.69) is 25.1 Å². The minimum atomic E-state index is -0.0254. The van der Waals surface area contributed by atoms with Crippen LogP contribution in [0.4, 0.5) is 0 Å². The first-order valence-corrected chi connectivity index (χ1v) is 6.95. The van der Waals surface area contributed by atoms with Gasteiger partial charge >= 0.3 is 0 Å². The first-order valence-electron chi connectivity index (χ1n) is 6.95. The van der Waals surface area contributed by atoms with Crippen molar-refractivity contribution in [1.82, 2.24) is 0 Å². The van der Waals surface area contributed by atoms with E-state index in [-0.39, 0.29) is 11.7 Å². The maximum atomic E-state index is 12.1. The fourth-order valence-corrected chi connectivity index (χ4v) is 2.63. The Bertz CT molecular complexity index is 439. The van der Waals surface area contributed by atoms with Crippen LogP contribution in [0.1, 0.15) is 49.7 Å². The molecule has 1 aromatic rings. The predicted octanol–water partition coefficient (Wildman–Crippen LogP) is 4.41. The van der Waals surface area contributed by atoms with E-state index in [4.69, 9.17) is 0 Å². The lowest BCUT2D eigenvalue weighted by atomic mass is 9.94. The number of hydrogen-bond donors (Lipinski definition) is 0. The lowest BCUT2D eigenvalue weighted by Crippen LogP contribution is -2.06. The van der Waals surface area contributed by atoms with Crippen molar-refractivity contribution in [2.24, 2.45) is 5.92 Å². The van der Waals surface area contributed by atoms with Crippen molar-refractivity contribution in [2.45, 2.75) is 45.4 Å². The van der Waals surface area contributed by atoms with Crippen LogP contribution in [0.5, 0.6) is 0 Å². The van der Waals surface area contributed by atoms with Gasteiger partial charge in [-0.1, -0.05) is 55.7 Å². The van der Waals surface area contributed by atoms with Gasteiger partial charge in [-0.15, -0.1) is 0 Å². The van der Waals surface area contributed by atoms with E-state index in [0.29, 0.717) is 5.92 Å². The molecule has 1 aliphatic rings. The van der Waals surface area contributed by atoms with Gasteiger partial charge in [0, 0.05) is 5.92 Å². The van der Waals surface area contributed by atoms with Crippen LogP contribution in [0.3, 0.4) is 0 Å². The third-order valence-corrected chi connectivity index (χ3v) is 3.90. The fraction of sp³-hybridized carbons (Fsp3) is 0.471. The number of benzene rings is 1. The van der Waals surface area contributed by atoms with Crippen molar-refractivity contribution in [3.8, 4) is 0 Å². The number of carbonyl (C=O) groups excluding carboxylic acids is 1. The van der Waals surface area contributed by atoms with Crippen LogP contribution >= 0.6 is 0 Å². The van der Waals surface area contributed by atoms with E-state index in [9.17, 15) is 4.79 Å². The van der Waals surface area contributed by atoms with Crippen LogP contribution in [-0.4, -0.2) is 5.78 Å². The molecule has 0 radical (unpaired) electrons. The summed E-state index contributed by atoms with van der Waals surface area (Å²) in [7, 11) is 0. The molecule has 96 valence electrons. The lowest BCUT2D eigenvalue weighted by molar-refractivity contribution is -0.115. The van der Waals surface area contributed by atoms with Gasteiger partial charge in [0.05, 0.1) is 0 Å². The molecule has 1 atom stereocenters. The van der Waals surface area contributed by atoms with Gasteiger partial charge in [0.1, 0.15) is 0 Å². The molecule has 0 aromatic heterocycles. The fourth-order valence-electron chi connectivity index (χ4n) is 2.63. The maximum absolute atomic E-state index is 12.1. The highest BCUT2D eigenvalue weighted by Crippen LogP contribution is 2.26. The zero-order valence-corrected chi connectivity index (χ0v) is 11.4. The molecule has 0 aliphatic heterocycles. The summed E-state index contributed by atoms with van der Waals surface area (Å²) in [4.78, 5) is 12.1. The first-order chi connectivity index (χ1) is 8.66. The van der Waals surface area contributed by atoms with Crippen molar-refractivity contribution in [2.75, 3.05) is 0 Å². The van der Waals surface area contributed by atoms with E-state index >= 15 is 0 Å². The van der Waals surface area contributed by atoms with E-state index in [1.165, 1.54) is 31.2 Å². The predicted molar refractivity (Wildman–Crippen MR) is 75.7 cm³/mol. The Hall–Kier alpha value is -1.37. The van der Waals surface area contributed by atoms with Crippen molar-refractivity contribution < 1.29 is 4.79 Å². The van der Waals surface area contributed by atoms with Crippen LogP contribution < -0.4 is 0 Å². The highest BCUT2D eigenvalue weighted by molar-refractivity contribution is 5.95. The highest BCUT2D eigenvalue weighted by atomic mass is 16.1. The van der Waals surface area contributed by atoms with Gasteiger partial charge in [-0.25, -0.2) is 0 Å². The van der Waals surface area contributed by atoms with Gasteiger partial charge in [0.15, 0.2) is 5.78 Å². The molecule has 0 spiro atoms. The summed E-state index contributed by atoms with van der Waals surface area (Å²) >= 11 is 0. The molecule has 1 nitrogen and oxygen atoms in total. The molecular formula is C17H22O. The Balaban J connectivity index is 1.99. The largest absolute Gasteiger partial charge is 0.294 e. The number of carbonyl (C=O) groups is 1. The Morgan fingerprint density at radius 3 is 2.72 bits per heavy atom. The molecule has 0 N–H and O–H groups in total. The molecule has 0 saturated heterocycles. The standard InChI is InChI=1S/C17H22O/c1-13-6-5-9-16(12-13)14(2)17(18)11-10-15-7-3-4-8-15/h5-6,9-12,14-15H,3-4,7-8H2,1-2H3/b11-10+. The van der Waals surface area contributed by atoms with Gasteiger partial charge in [-0.3, -0.25) is 4.79 Å². The van der Waals surface area contributed by atoms with Gasteiger partial charge in [-0.2, -0.15) is 0 Å². The average Bonchev–Trinajstić information content (AvgIpc) is 2.88. The van der Waals surface area contributed by atoms with Crippen LogP contribution in [0, 0.1) is 12.8 Å². The minimum absolute atomic E-state index is 0.0254. The van der Waals surface area contributed by atoms with E-state index in [1.54, 1.807) is 0 Å². The molecule has 0 heterocycles. The second kappa shape index (κ2) is 5.99. The summed E-state index contributed by atoms with van der Waals surface area (Å²) in [6.07, 6.45) is 9.07. The second-order valence-corrected chi connectivity index (χ2v) is 5.44. The van der Waals surface area contributed by atoms with Gasteiger partial charge in [-0.05, 0) is 37.3 Å². The van der Waals surface area contributed by atoms with Crippen LogP contribution in [0.2, 0.25) is 0 Å². The monoisotopic (exact) mass is 242 g/mol. The van der Waals surface area contributed by atoms with Crippen LogP contribution in [0.25, 0.3) is 0 Å². The normalized spacial score (nSPS) is 18.3. The molecule has 2 rings (SSSR count). The number of hydrogen-bond acceptors (Lipinski definition) is 1. The third kappa shape index (κ3) is 3.32. The molecular weight excluding hydrogens is 220 g/mol. The Morgan fingerprint density at radius 1 is 1.33 bits per heavy atom. The number of allylic oxidation sites excluding steroid dienone is 2. The number of aryl methyl sites for hydroxylation is 1. The minimum Gasteiger partial charge on any atom is -0.294 e. The number of ketones is 1. The smallest absolute Gasteiger partial charge is 0.162 e. The molecule has 1 aliphatic carbocycles. The summed E-state index contributed by atoms with van der Waals surface area (Å²) in [6.45, 7) is 4.06. The molecule has 1 unspecified atom stereocenters. The highest BCUT2D eigenvalue weighted by Gasteiger charge is 2.15. The van der Waals surface area contributed by atoms with Crippen LogP contribution in [-0.2, 0) is 4.79 Å². The Labute approximate surface area is 110 Å². The Morgan fingerprint density at radius 2 is 2.06 bits per heavy atom. The van der Waals surface area contributed by atoms with Crippen molar-refractivity contribution in [3.63, 3.8) is 0 Å². The summed E-state index contributed by atoms with van der Waals surface area (Å²) in [6, 6.07) is 8.23. The van der Waals surface area contributed by atoms with Gasteiger partial charge < -0.3 is 0 Å². The van der Waals surface area contributed by atoms with Crippen molar-refractivity contribution >= 4 is 5.78 Å². The van der Waals surface area contributed by atoms with E-state index in [0.717, 1.165) is 5.56 Å². The van der Waals surface area contributed by atoms with Crippen molar-refractivity contribution in [3.05, 3.63) is 47.5 Å². The molecule has 1 saturated carbocycles. The Kier molecular flexibility index (Phi) is 4.35. The first kappa shape index (κ1) is 13.1. The van der Waals surface area contributed by atoms with E-state index in [1.807, 2.05) is 25.1 Å². The number of rotatable bonds is 4. The van der Waals surface area contributed by atoms with Crippen molar-refractivity contribution in [1.29, 1.82) is 0 Å². The zero-order valence-electron chi connectivity index (χ0n) is 11.4. The topological polar surface area (TPSA) is 17.1 Å². The second-order valence-electron chi connectivity index (χ2n) is 5.44. The molecule has 0 amide bonds. The maximum Gasteiger partial charge on any atom is 0.162 e. The zero-order chi connectivity index (χ0) is 13.0. The third-order valence-electron chi connectivity index (χ3n) is 3.90. The lowest BCUT2D eigenvalue weighted by Gasteiger charge is -2.09. The van der Waals surface area contributed by atoms with Gasteiger partial charge in [0.25, 0.3) is 0 Å². The van der Waals surface area contributed by atoms with Crippen LogP contribution in [0.15, 0.2) is 36.4 Å². The average molecular weight is 242 g/mol. The molecule has 1 aromatic carbocycles. The molecule has 1 heteroatoms. The molecule has 0 bridgehead atoms.